The molecule has 7 nitrogen and oxygen atoms in total. The maximum absolute atomic E-state index is 11.7. The van der Waals surface area contributed by atoms with Crippen LogP contribution >= 0.6 is 0 Å². The molecule has 1 fully saturated rings. The molecule has 0 radical (unpaired) electrons. The number of nitrogens with one attached hydrogen (secondary N) is 1. The Hall–Kier alpha value is -2.96. The zero-order chi connectivity index (χ0) is 17.2. The minimum Gasteiger partial charge on any atom is -0.465 e. The molecule has 0 unspecified atom stereocenters. The summed E-state index contributed by atoms with van der Waals surface area (Å²) in [6.07, 6.45) is 3.69. The van der Waals surface area contributed by atoms with Crippen LogP contribution in [-0.4, -0.2) is 29.5 Å². The maximum atomic E-state index is 11.7. The molecular weight excluding hydrogens is 310 g/mol. The molecule has 0 aliphatic heterocycles. The fourth-order valence-electron chi connectivity index (χ4n) is 2.70. The molecule has 0 saturated heterocycles. The van der Waals surface area contributed by atoms with Gasteiger partial charge in [-0.2, -0.15) is 0 Å². The Morgan fingerprint density at radius 3 is 2.75 bits per heavy atom. The van der Waals surface area contributed by atoms with E-state index in [0.29, 0.717) is 12.2 Å². The van der Waals surface area contributed by atoms with Crippen LogP contribution in [0.15, 0.2) is 42.6 Å². The van der Waals surface area contributed by atoms with Gasteiger partial charge in [0.2, 0.25) is 0 Å². The van der Waals surface area contributed by atoms with Gasteiger partial charge in [-0.05, 0) is 37.1 Å². The molecule has 1 aliphatic carbocycles. The van der Waals surface area contributed by atoms with Gasteiger partial charge in [0.15, 0.2) is 0 Å². The van der Waals surface area contributed by atoms with Crippen LogP contribution in [0.5, 0.6) is 0 Å². The largest absolute Gasteiger partial charge is 0.465 e. The summed E-state index contributed by atoms with van der Waals surface area (Å²) in [5.41, 5.74) is 1.39. The van der Waals surface area contributed by atoms with E-state index < -0.39 is 10.9 Å². The van der Waals surface area contributed by atoms with Crippen molar-refractivity contribution in [2.24, 2.45) is 0 Å². The van der Waals surface area contributed by atoms with Crippen LogP contribution in [0.4, 0.5) is 11.4 Å². The summed E-state index contributed by atoms with van der Waals surface area (Å²) < 4.78 is 4.67. The first kappa shape index (κ1) is 15.9. The van der Waals surface area contributed by atoms with E-state index in [1.807, 2.05) is 18.2 Å². The number of methoxy groups -OCH3 is 1. The van der Waals surface area contributed by atoms with E-state index in [1.54, 1.807) is 6.20 Å². The number of carbonyl (C=O) groups is 1. The van der Waals surface area contributed by atoms with E-state index in [0.717, 1.165) is 18.5 Å². The molecule has 1 heterocycles. The summed E-state index contributed by atoms with van der Waals surface area (Å²) in [6.45, 7) is 0.523. The zero-order valence-corrected chi connectivity index (χ0v) is 13.2. The predicted molar refractivity (Wildman–Crippen MR) is 88.1 cm³/mol. The van der Waals surface area contributed by atoms with Gasteiger partial charge in [0.1, 0.15) is 5.69 Å². The number of aromatic nitrogens is 1. The van der Waals surface area contributed by atoms with Crippen molar-refractivity contribution >= 4 is 17.3 Å². The van der Waals surface area contributed by atoms with Gasteiger partial charge in [0.25, 0.3) is 5.69 Å². The van der Waals surface area contributed by atoms with Gasteiger partial charge in [0.05, 0.1) is 17.6 Å². The van der Waals surface area contributed by atoms with Crippen molar-refractivity contribution < 1.29 is 14.5 Å². The van der Waals surface area contributed by atoms with Crippen molar-refractivity contribution in [1.29, 1.82) is 0 Å². The van der Waals surface area contributed by atoms with Crippen molar-refractivity contribution in [2.75, 3.05) is 19.0 Å². The zero-order valence-electron chi connectivity index (χ0n) is 13.2. The molecule has 2 aromatic rings. The smallest absolute Gasteiger partial charge is 0.337 e. The SMILES string of the molecule is COC(=O)c1ccc([N+](=O)[O-])c(NCC2(c3ccccn3)CC2)c1. The fraction of sp³-hybridized carbons (Fsp3) is 0.294. The Labute approximate surface area is 138 Å². The number of anilines is 1. The Kier molecular flexibility index (Phi) is 4.16. The summed E-state index contributed by atoms with van der Waals surface area (Å²) >= 11 is 0. The normalized spacial score (nSPS) is 14.7. The monoisotopic (exact) mass is 327 g/mol. The number of nitro benzene ring substituents is 1. The van der Waals surface area contributed by atoms with Crippen molar-refractivity contribution in [3.63, 3.8) is 0 Å². The van der Waals surface area contributed by atoms with Crippen LogP contribution in [0.25, 0.3) is 0 Å². The lowest BCUT2D eigenvalue weighted by molar-refractivity contribution is -0.384. The number of nitro groups is 1. The Balaban J connectivity index is 1.84. The second-order valence-corrected chi connectivity index (χ2v) is 5.83. The highest BCUT2D eigenvalue weighted by Gasteiger charge is 2.45. The van der Waals surface area contributed by atoms with Crippen molar-refractivity contribution in [1.82, 2.24) is 4.98 Å². The molecule has 0 atom stereocenters. The number of hydrogen-bond donors (Lipinski definition) is 1. The van der Waals surface area contributed by atoms with Gasteiger partial charge in [0, 0.05) is 29.9 Å². The van der Waals surface area contributed by atoms with E-state index in [-0.39, 0.29) is 16.7 Å². The Morgan fingerprint density at radius 1 is 1.38 bits per heavy atom. The minimum absolute atomic E-state index is 0.0699. The Bertz CT molecular complexity index is 773. The summed E-state index contributed by atoms with van der Waals surface area (Å²) in [5.74, 6) is -0.529. The van der Waals surface area contributed by atoms with Gasteiger partial charge < -0.3 is 10.1 Å². The average molecular weight is 327 g/mol. The highest BCUT2D eigenvalue weighted by molar-refractivity contribution is 5.91. The minimum atomic E-state index is -0.529. The first-order chi connectivity index (χ1) is 11.6. The van der Waals surface area contributed by atoms with Gasteiger partial charge in [-0.25, -0.2) is 4.79 Å². The van der Waals surface area contributed by atoms with Crippen molar-refractivity contribution in [3.05, 3.63) is 64.0 Å². The summed E-state index contributed by atoms with van der Waals surface area (Å²) in [6, 6.07) is 9.92. The lowest BCUT2D eigenvalue weighted by Crippen LogP contribution is -2.21. The van der Waals surface area contributed by atoms with Crippen molar-refractivity contribution in [3.8, 4) is 0 Å². The number of carbonyl (C=O) groups excluding carboxylic acids is 1. The van der Waals surface area contributed by atoms with Crippen LogP contribution < -0.4 is 5.32 Å². The Morgan fingerprint density at radius 2 is 2.17 bits per heavy atom. The number of nitrogens with zero attached hydrogens (tertiary/aromatic N) is 2. The second-order valence-electron chi connectivity index (χ2n) is 5.83. The van der Waals surface area contributed by atoms with E-state index >= 15 is 0 Å². The fourth-order valence-corrected chi connectivity index (χ4v) is 2.70. The van der Waals surface area contributed by atoms with Gasteiger partial charge in [-0.15, -0.1) is 0 Å². The van der Waals surface area contributed by atoms with Crippen LogP contribution in [-0.2, 0) is 10.2 Å². The van der Waals surface area contributed by atoms with E-state index in [4.69, 9.17) is 0 Å². The van der Waals surface area contributed by atoms with Gasteiger partial charge in [-0.3, -0.25) is 15.1 Å². The molecule has 124 valence electrons. The van der Waals surface area contributed by atoms with Crippen LogP contribution in [0.2, 0.25) is 0 Å². The standard InChI is InChI=1S/C17H17N3O4/c1-24-16(21)12-5-6-14(20(22)23)13(10-12)19-11-17(7-8-17)15-4-2-3-9-18-15/h2-6,9-10,19H,7-8,11H2,1H3. The molecule has 1 aliphatic rings. The number of rotatable bonds is 6. The summed E-state index contributed by atoms with van der Waals surface area (Å²) in [5, 5.41) is 14.3. The summed E-state index contributed by atoms with van der Waals surface area (Å²) in [4.78, 5) is 26.8. The molecular formula is C17H17N3O4. The van der Waals surface area contributed by atoms with Crippen LogP contribution in [0, 0.1) is 10.1 Å². The third-order valence-electron chi connectivity index (χ3n) is 4.29. The molecule has 1 saturated carbocycles. The highest BCUT2D eigenvalue weighted by Crippen LogP contribution is 2.47. The lowest BCUT2D eigenvalue weighted by Gasteiger charge is -2.16. The maximum Gasteiger partial charge on any atom is 0.337 e. The topological polar surface area (TPSA) is 94.4 Å². The highest BCUT2D eigenvalue weighted by atomic mass is 16.6. The number of hydrogen-bond acceptors (Lipinski definition) is 6. The van der Waals surface area contributed by atoms with Gasteiger partial charge in [-0.1, -0.05) is 6.07 Å². The molecule has 0 amide bonds. The van der Waals surface area contributed by atoms with Gasteiger partial charge >= 0.3 is 5.97 Å². The quantitative estimate of drug-likeness (QED) is 0.498. The number of pyridine rings is 1. The molecule has 1 aromatic carbocycles. The lowest BCUT2D eigenvalue weighted by atomic mass is 10.0. The third kappa shape index (κ3) is 3.05. The first-order valence-corrected chi connectivity index (χ1v) is 7.58. The van der Waals surface area contributed by atoms with Crippen LogP contribution in [0.3, 0.4) is 0 Å². The van der Waals surface area contributed by atoms with E-state index in [9.17, 15) is 14.9 Å². The van der Waals surface area contributed by atoms with Crippen LogP contribution in [0.1, 0.15) is 28.9 Å². The van der Waals surface area contributed by atoms with E-state index in [1.165, 1.54) is 25.3 Å². The molecule has 1 N–H and O–H groups in total. The number of benzene rings is 1. The van der Waals surface area contributed by atoms with Crippen molar-refractivity contribution in [2.45, 2.75) is 18.3 Å². The molecule has 3 rings (SSSR count). The molecule has 0 bridgehead atoms. The number of ether oxygens (including phenoxy) is 1. The molecule has 0 spiro atoms. The molecule has 24 heavy (non-hydrogen) atoms. The first-order valence-electron chi connectivity index (χ1n) is 7.58. The average Bonchev–Trinajstić information content (AvgIpc) is 3.41. The molecule has 1 aromatic heterocycles. The predicted octanol–water partition coefficient (Wildman–Crippen LogP) is 2.92. The second kappa shape index (κ2) is 6.27. The summed E-state index contributed by atoms with van der Waals surface area (Å²) in [7, 11) is 1.27. The third-order valence-corrected chi connectivity index (χ3v) is 4.29. The molecule has 7 heteroatoms. The van der Waals surface area contributed by atoms with E-state index in [2.05, 4.69) is 15.0 Å². The number of esters is 1.